The third-order valence-electron chi connectivity index (χ3n) is 4.22. The molecule has 0 aromatic heterocycles. The van der Waals surface area contributed by atoms with Gasteiger partial charge in [-0.25, -0.2) is 17.5 Å². The van der Waals surface area contributed by atoms with Crippen molar-refractivity contribution >= 4 is 21.7 Å². The predicted molar refractivity (Wildman–Crippen MR) is 101 cm³/mol. The molecular formula is C17H27N3O6S. The van der Waals surface area contributed by atoms with Gasteiger partial charge in [0.05, 0.1) is 36.4 Å². The highest BCUT2D eigenvalue weighted by Crippen LogP contribution is 2.29. The molecule has 0 aliphatic carbocycles. The minimum absolute atomic E-state index is 0.0557. The lowest BCUT2D eigenvalue weighted by Crippen LogP contribution is -2.50. The van der Waals surface area contributed by atoms with Crippen molar-refractivity contribution in [1.82, 2.24) is 9.21 Å². The van der Waals surface area contributed by atoms with Gasteiger partial charge in [-0.15, -0.1) is 0 Å². The quantitative estimate of drug-likeness (QED) is 0.704. The molecule has 9 nitrogen and oxygen atoms in total. The number of carbonyl (C=O) groups is 1. The molecule has 2 amide bonds. The second kappa shape index (κ2) is 9.36. The number of nitrogens with zero attached hydrogens (tertiary/aromatic N) is 2. The summed E-state index contributed by atoms with van der Waals surface area (Å²) in [5.41, 5.74) is 0.277. The van der Waals surface area contributed by atoms with Crippen LogP contribution in [-0.2, 0) is 14.8 Å². The monoisotopic (exact) mass is 401 g/mol. The van der Waals surface area contributed by atoms with Crippen LogP contribution in [0.15, 0.2) is 23.1 Å². The summed E-state index contributed by atoms with van der Waals surface area (Å²) in [6, 6.07) is 3.73. The Morgan fingerprint density at radius 1 is 1.44 bits per heavy atom. The van der Waals surface area contributed by atoms with Crippen LogP contribution in [0.5, 0.6) is 5.75 Å². The Morgan fingerprint density at radius 2 is 2.19 bits per heavy atom. The number of morpholine rings is 1. The molecule has 1 aliphatic heterocycles. The zero-order valence-electron chi connectivity index (χ0n) is 15.8. The molecule has 27 heavy (non-hydrogen) atoms. The van der Waals surface area contributed by atoms with E-state index in [1.807, 2.05) is 0 Å². The minimum atomic E-state index is -3.65. The highest BCUT2D eigenvalue weighted by atomic mass is 32.2. The van der Waals surface area contributed by atoms with Crippen molar-refractivity contribution in [3.05, 3.63) is 18.2 Å². The van der Waals surface area contributed by atoms with Gasteiger partial charge in [-0.05, 0) is 31.5 Å². The first-order valence-corrected chi connectivity index (χ1v) is 10.2. The highest BCUT2D eigenvalue weighted by Gasteiger charge is 2.28. The number of amides is 2. The zero-order valence-corrected chi connectivity index (χ0v) is 16.7. The van der Waals surface area contributed by atoms with E-state index >= 15 is 0 Å². The average Bonchev–Trinajstić information content (AvgIpc) is 2.63. The number of aliphatic hydroxyl groups excluding tert-OH is 1. The Balaban J connectivity index is 2.30. The number of hydrogen-bond donors (Lipinski definition) is 2. The Labute approximate surface area is 159 Å². The van der Waals surface area contributed by atoms with E-state index < -0.39 is 16.1 Å². The molecule has 1 aromatic rings. The molecule has 2 N–H and O–H groups in total. The fourth-order valence-corrected chi connectivity index (χ4v) is 3.69. The van der Waals surface area contributed by atoms with Crippen molar-refractivity contribution in [2.45, 2.75) is 24.3 Å². The molecule has 2 rings (SSSR count). The largest absolute Gasteiger partial charge is 0.492 e. The first kappa shape index (κ1) is 21.4. The van der Waals surface area contributed by atoms with Gasteiger partial charge in [0.1, 0.15) is 5.75 Å². The molecule has 1 fully saturated rings. The number of nitrogens with one attached hydrogen (secondary N) is 1. The first-order valence-electron chi connectivity index (χ1n) is 8.76. The van der Waals surface area contributed by atoms with E-state index in [-0.39, 0.29) is 23.2 Å². The van der Waals surface area contributed by atoms with Gasteiger partial charge < -0.3 is 24.8 Å². The van der Waals surface area contributed by atoms with Gasteiger partial charge in [0.25, 0.3) is 0 Å². The number of sulfonamides is 1. The molecule has 1 atom stereocenters. The van der Waals surface area contributed by atoms with Gasteiger partial charge in [-0.3, -0.25) is 0 Å². The molecule has 0 spiro atoms. The summed E-state index contributed by atoms with van der Waals surface area (Å²) in [5.74, 6) is 0.385. The molecule has 152 valence electrons. The Hall–Kier alpha value is -1.88. The van der Waals surface area contributed by atoms with E-state index in [0.717, 1.165) is 4.31 Å². The summed E-state index contributed by atoms with van der Waals surface area (Å²) in [4.78, 5) is 14.4. The SMILES string of the molecule is CCOc1ccc(S(=O)(=O)N(C)C)cc1NC(=O)N1CCOC[C@@H]1CCO. The number of rotatable bonds is 7. The molecule has 1 aliphatic rings. The summed E-state index contributed by atoms with van der Waals surface area (Å²) in [7, 11) is -0.768. The van der Waals surface area contributed by atoms with Crippen LogP contribution in [0.1, 0.15) is 13.3 Å². The van der Waals surface area contributed by atoms with Crippen molar-refractivity contribution in [1.29, 1.82) is 0 Å². The fraction of sp³-hybridized carbons (Fsp3) is 0.588. The minimum Gasteiger partial charge on any atom is -0.492 e. The van der Waals surface area contributed by atoms with Crippen molar-refractivity contribution in [3.8, 4) is 5.75 Å². The maximum absolute atomic E-state index is 12.8. The normalized spacial score (nSPS) is 17.8. The molecule has 0 unspecified atom stereocenters. The number of urea groups is 1. The number of benzene rings is 1. The molecule has 1 saturated heterocycles. The number of carbonyl (C=O) groups excluding carboxylic acids is 1. The van der Waals surface area contributed by atoms with E-state index in [1.165, 1.54) is 32.3 Å². The van der Waals surface area contributed by atoms with Crippen LogP contribution < -0.4 is 10.1 Å². The van der Waals surface area contributed by atoms with Crippen LogP contribution in [0.3, 0.4) is 0 Å². The van der Waals surface area contributed by atoms with Gasteiger partial charge in [0, 0.05) is 27.2 Å². The van der Waals surface area contributed by atoms with E-state index in [0.29, 0.717) is 38.5 Å². The zero-order chi connectivity index (χ0) is 20.0. The Morgan fingerprint density at radius 3 is 2.81 bits per heavy atom. The van der Waals surface area contributed by atoms with Crippen LogP contribution >= 0.6 is 0 Å². The lowest BCUT2D eigenvalue weighted by Gasteiger charge is -2.35. The number of aliphatic hydroxyl groups is 1. The smallest absolute Gasteiger partial charge is 0.322 e. The number of anilines is 1. The average molecular weight is 401 g/mol. The first-order chi connectivity index (χ1) is 12.8. The molecule has 1 aromatic carbocycles. The number of hydrogen-bond acceptors (Lipinski definition) is 6. The molecule has 10 heteroatoms. The van der Waals surface area contributed by atoms with Gasteiger partial charge in [-0.1, -0.05) is 0 Å². The van der Waals surface area contributed by atoms with Crippen LogP contribution in [0, 0.1) is 0 Å². The van der Waals surface area contributed by atoms with Crippen LogP contribution in [-0.4, -0.2) is 81.9 Å². The van der Waals surface area contributed by atoms with Gasteiger partial charge >= 0.3 is 6.03 Å². The van der Waals surface area contributed by atoms with Crippen molar-refractivity contribution in [2.24, 2.45) is 0 Å². The van der Waals surface area contributed by atoms with Crippen LogP contribution in [0.4, 0.5) is 10.5 Å². The summed E-state index contributed by atoms with van der Waals surface area (Å²) in [5, 5.41) is 11.9. The van der Waals surface area contributed by atoms with E-state index in [9.17, 15) is 18.3 Å². The maximum atomic E-state index is 12.8. The second-order valence-electron chi connectivity index (χ2n) is 6.24. The third kappa shape index (κ3) is 5.10. The molecule has 0 radical (unpaired) electrons. The topological polar surface area (TPSA) is 108 Å². The Bertz CT molecular complexity index is 751. The second-order valence-corrected chi connectivity index (χ2v) is 8.39. The third-order valence-corrected chi connectivity index (χ3v) is 6.03. The summed E-state index contributed by atoms with van der Waals surface area (Å²) in [6.45, 7) is 3.25. The standard InChI is InChI=1S/C17H27N3O6S/c1-4-26-16-6-5-14(27(23,24)19(2)3)11-15(16)18-17(22)20-8-10-25-12-13(20)7-9-21/h5-6,11,13,21H,4,7-10,12H2,1-3H3,(H,18,22)/t13-/m0/s1. The Kier molecular flexibility index (Phi) is 7.42. The summed E-state index contributed by atoms with van der Waals surface area (Å²) < 4.78 is 36.8. The van der Waals surface area contributed by atoms with E-state index in [1.54, 1.807) is 11.8 Å². The van der Waals surface area contributed by atoms with E-state index in [4.69, 9.17) is 9.47 Å². The van der Waals surface area contributed by atoms with Crippen LogP contribution in [0.2, 0.25) is 0 Å². The predicted octanol–water partition coefficient (Wildman–Crippen LogP) is 0.951. The maximum Gasteiger partial charge on any atom is 0.322 e. The fourth-order valence-electron chi connectivity index (χ4n) is 2.76. The number of ether oxygens (including phenoxy) is 2. The molecule has 0 bridgehead atoms. The van der Waals surface area contributed by atoms with Gasteiger partial charge in [0.15, 0.2) is 0 Å². The summed E-state index contributed by atoms with van der Waals surface area (Å²) in [6.07, 6.45) is 0.404. The lowest BCUT2D eigenvalue weighted by molar-refractivity contribution is 0.00727. The van der Waals surface area contributed by atoms with Crippen molar-refractivity contribution < 1.29 is 27.8 Å². The van der Waals surface area contributed by atoms with Crippen molar-refractivity contribution in [2.75, 3.05) is 52.4 Å². The van der Waals surface area contributed by atoms with E-state index in [2.05, 4.69) is 5.32 Å². The molecule has 0 saturated carbocycles. The van der Waals surface area contributed by atoms with Gasteiger partial charge in [-0.2, -0.15) is 0 Å². The molecule has 1 heterocycles. The lowest BCUT2D eigenvalue weighted by atomic mass is 10.2. The summed E-state index contributed by atoms with van der Waals surface area (Å²) >= 11 is 0. The van der Waals surface area contributed by atoms with Crippen LogP contribution in [0.25, 0.3) is 0 Å². The highest BCUT2D eigenvalue weighted by molar-refractivity contribution is 7.89. The molecular weight excluding hydrogens is 374 g/mol. The van der Waals surface area contributed by atoms with Gasteiger partial charge in [0.2, 0.25) is 10.0 Å². The van der Waals surface area contributed by atoms with Crippen molar-refractivity contribution in [3.63, 3.8) is 0 Å².